The molecule has 76 heavy (non-hydrogen) atoms. The summed E-state index contributed by atoms with van der Waals surface area (Å²) < 4.78 is 21.4. The lowest BCUT2D eigenvalue weighted by atomic mass is 9.95. The van der Waals surface area contributed by atoms with Crippen LogP contribution in [-0.4, -0.2) is 72.3 Å². The first-order valence-corrected chi connectivity index (χ1v) is 27.1. The van der Waals surface area contributed by atoms with Gasteiger partial charge in [0.2, 0.25) is 0 Å². The van der Waals surface area contributed by atoms with Crippen molar-refractivity contribution in [3.05, 3.63) is 178 Å². The predicted molar refractivity (Wildman–Crippen MR) is 308 cm³/mol. The highest BCUT2D eigenvalue weighted by Crippen LogP contribution is 2.53. The van der Waals surface area contributed by atoms with Crippen molar-refractivity contribution in [3.8, 4) is 11.5 Å². The van der Waals surface area contributed by atoms with Gasteiger partial charge in [0.1, 0.15) is 11.5 Å². The number of hydrogen-bond donors (Lipinski definition) is 0. The number of ether oxygens (including phenoxy) is 3. The molecule has 0 N–H and O–H groups in total. The lowest BCUT2D eigenvalue weighted by molar-refractivity contribution is -0.0415. The zero-order valence-corrected chi connectivity index (χ0v) is 43.4. The van der Waals surface area contributed by atoms with Gasteiger partial charge in [-0.3, -0.25) is 4.84 Å². The van der Waals surface area contributed by atoms with Crippen molar-refractivity contribution in [3.63, 3.8) is 0 Å². The third-order valence-corrected chi connectivity index (χ3v) is 14.7. The molecule has 1 atom stereocenters. The van der Waals surface area contributed by atoms with Crippen molar-refractivity contribution < 1.29 is 19.0 Å². The molecule has 0 spiro atoms. The van der Waals surface area contributed by atoms with Crippen molar-refractivity contribution in [2.75, 3.05) is 26.4 Å². The summed E-state index contributed by atoms with van der Waals surface area (Å²) in [5.41, 5.74) is 6.22. The van der Waals surface area contributed by atoms with Crippen LogP contribution in [0.1, 0.15) is 124 Å². The molecule has 12 nitrogen and oxygen atoms in total. The lowest BCUT2D eigenvalue weighted by Gasteiger charge is -2.27. The fraction of sp³-hybridized carbons (Fsp3) is 0.266. The van der Waals surface area contributed by atoms with Crippen molar-refractivity contribution in [2.24, 2.45) is 34.9 Å². The molecule has 0 saturated heterocycles. The summed E-state index contributed by atoms with van der Waals surface area (Å²) >= 11 is 0. The quantitative estimate of drug-likeness (QED) is 0.0891. The Morgan fingerprint density at radius 3 is 1.30 bits per heavy atom. The summed E-state index contributed by atoms with van der Waals surface area (Å²) in [6, 6.07) is 46.3. The lowest BCUT2D eigenvalue weighted by Crippen LogP contribution is -2.37. The van der Waals surface area contributed by atoms with Crippen LogP contribution in [0.2, 0.25) is 0 Å². The van der Waals surface area contributed by atoms with E-state index in [1.165, 1.54) is 0 Å². The van der Waals surface area contributed by atoms with Gasteiger partial charge in [0, 0.05) is 44.2 Å². The monoisotopic (exact) mass is 1000 g/mol. The molecule has 0 aromatic heterocycles. The highest BCUT2D eigenvalue weighted by Gasteiger charge is 2.49. The van der Waals surface area contributed by atoms with E-state index in [9.17, 15) is 0 Å². The summed E-state index contributed by atoms with van der Waals surface area (Å²) in [6.07, 6.45) is 6.94. The molecular weight excluding hydrogens is 945 g/mol. The summed E-state index contributed by atoms with van der Waals surface area (Å²) in [5.74, 6) is 2.78. The summed E-state index contributed by atoms with van der Waals surface area (Å²) in [7, 11) is 0. The minimum absolute atomic E-state index is 0.334. The van der Waals surface area contributed by atoms with E-state index >= 15 is 0 Å². The van der Waals surface area contributed by atoms with Crippen molar-refractivity contribution in [2.45, 2.75) is 84.9 Å². The number of nitrogens with zero attached hydrogens (tertiary/aromatic N) is 8. The molecule has 0 aliphatic carbocycles. The predicted octanol–water partition coefficient (Wildman–Crippen LogP) is 14.0. The van der Waals surface area contributed by atoms with E-state index in [1.807, 2.05) is 17.2 Å². The normalized spacial score (nSPS) is 16.9. The van der Waals surface area contributed by atoms with E-state index in [0.29, 0.717) is 89.9 Å². The number of unbranched alkanes of at least 4 members (excludes halogenated alkanes) is 4. The molecule has 0 radical (unpaired) electrons. The van der Waals surface area contributed by atoms with E-state index in [2.05, 4.69) is 149 Å². The molecule has 1 unspecified atom stereocenters. The number of rotatable bonds is 16. The molecule has 5 heterocycles. The van der Waals surface area contributed by atoms with Gasteiger partial charge in [0.05, 0.1) is 37.6 Å². The van der Waals surface area contributed by atoms with Gasteiger partial charge in [-0.25, -0.2) is 34.9 Å². The second-order valence-electron chi connectivity index (χ2n) is 19.9. The molecule has 8 aromatic rings. The Morgan fingerprint density at radius 2 is 0.776 bits per heavy atom. The topological polar surface area (TPSA) is 127 Å². The van der Waals surface area contributed by atoms with Gasteiger partial charge in [-0.05, 0) is 94.4 Å². The van der Waals surface area contributed by atoms with E-state index < -0.39 is 5.85 Å². The summed E-state index contributed by atoms with van der Waals surface area (Å²) in [5, 5.41) is 9.85. The first-order valence-electron chi connectivity index (χ1n) is 27.1. The highest BCUT2D eigenvalue weighted by molar-refractivity contribution is 6.35. The second kappa shape index (κ2) is 19.8. The fourth-order valence-corrected chi connectivity index (χ4v) is 10.8. The third-order valence-electron chi connectivity index (χ3n) is 14.7. The molecule has 12 heteroatoms. The number of hydrogen-bond acceptors (Lipinski definition) is 12. The minimum Gasteiger partial charge on any atom is -0.492 e. The molecular formula is C64H58N8O4. The maximum atomic E-state index is 7.31. The van der Waals surface area contributed by atoms with Gasteiger partial charge in [0.25, 0.3) is 5.85 Å². The molecule has 0 fully saturated rings. The average molecular weight is 1000 g/mol. The van der Waals surface area contributed by atoms with Crippen LogP contribution in [0.25, 0.3) is 43.1 Å². The molecule has 0 amide bonds. The Bertz CT molecular complexity index is 3920. The van der Waals surface area contributed by atoms with Gasteiger partial charge < -0.3 is 14.2 Å². The summed E-state index contributed by atoms with van der Waals surface area (Å²) in [4.78, 5) is 46.1. The molecule has 5 aliphatic heterocycles. The Balaban J connectivity index is 1.18. The molecule has 8 bridgehead atoms. The Hall–Kier alpha value is -8.19. The van der Waals surface area contributed by atoms with Gasteiger partial charge in [-0.1, -0.05) is 150 Å². The molecule has 378 valence electrons. The average Bonchev–Trinajstić information content (AvgIpc) is 4.17. The van der Waals surface area contributed by atoms with Crippen LogP contribution in [0, 0.1) is 0 Å². The first kappa shape index (κ1) is 47.5. The third kappa shape index (κ3) is 8.09. The van der Waals surface area contributed by atoms with Crippen LogP contribution in [0.4, 0.5) is 0 Å². The number of amidine groups is 7. The van der Waals surface area contributed by atoms with Crippen LogP contribution in [0.5, 0.6) is 11.5 Å². The Morgan fingerprint density at radius 1 is 0.395 bits per heavy atom. The molecule has 0 saturated carbocycles. The number of hydroxylamine groups is 2. The SMILES string of the molecule is CCCCOc1c2c(c(OCCCC)c3ccccc13)C1(OCCCC)N=C3N=C(N=C4N=C(c5cc6ccccc6cc54)N(OCCCC)C4=NC(=NC2=N1)c1cc2ccccc2cc14)c1cc2ccccc2cc13. The van der Waals surface area contributed by atoms with Gasteiger partial charge in [0.15, 0.2) is 40.8 Å². The fourth-order valence-electron chi connectivity index (χ4n) is 10.8. The van der Waals surface area contributed by atoms with Gasteiger partial charge >= 0.3 is 0 Å². The maximum absolute atomic E-state index is 7.31. The van der Waals surface area contributed by atoms with E-state index in [0.717, 1.165) is 128 Å². The van der Waals surface area contributed by atoms with Crippen LogP contribution >= 0.6 is 0 Å². The maximum Gasteiger partial charge on any atom is 0.293 e. The highest BCUT2D eigenvalue weighted by atomic mass is 16.7. The van der Waals surface area contributed by atoms with E-state index in [4.69, 9.17) is 54.0 Å². The van der Waals surface area contributed by atoms with E-state index in [1.54, 1.807) is 0 Å². The summed E-state index contributed by atoms with van der Waals surface area (Å²) in [6.45, 7) is 10.3. The smallest absolute Gasteiger partial charge is 0.293 e. The Kier molecular flexibility index (Phi) is 12.4. The number of aliphatic imine (C=N–C) groups is 7. The zero-order chi connectivity index (χ0) is 51.3. The standard InChI is InChI=1S/C64H58N8O4/c1-5-9-29-73-55-45-27-19-20-28-46(45)56(74-30-10-6-2)54-53(55)61-67-59-50-36-42-24-16-18-26-44(42)38-52(50)63(69-59)72(76-32-12-8-4)62-51-37-43-25-17-15-23-41(43)35-49(51)58(68-62)65-57-47-33-39-21-13-14-22-40(39)34-48(47)60(66-57)70-64(54,71-61)75-31-11-7-3/h13-28,33-38H,5-12,29-32H2,1-4H3. The largest absolute Gasteiger partial charge is 0.492 e. The first-order chi connectivity index (χ1) is 37.5. The van der Waals surface area contributed by atoms with Crippen LogP contribution in [0.3, 0.4) is 0 Å². The molecule has 5 aliphatic rings. The molecule has 13 rings (SSSR count). The zero-order valence-electron chi connectivity index (χ0n) is 43.4. The van der Waals surface area contributed by atoms with Crippen molar-refractivity contribution >= 4 is 83.9 Å². The van der Waals surface area contributed by atoms with Crippen molar-refractivity contribution in [1.29, 1.82) is 0 Å². The van der Waals surface area contributed by atoms with Crippen LogP contribution in [-0.2, 0) is 15.4 Å². The Labute approximate surface area is 441 Å². The number of fused-ring (bicyclic) bond motifs is 20. The minimum atomic E-state index is -1.75. The van der Waals surface area contributed by atoms with Gasteiger partial charge in [-0.2, -0.15) is 5.06 Å². The van der Waals surface area contributed by atoms with Crippen molar-refractivity contribution in [1.82, 2.24) is 5.06 Å². The molecule has 8 aromatic carbocycles. The second-order valence-corrected chi connectivity index (χ2v) is 19.9. The van der Waals surface area contributed by atoms with Crippen LogP contribution < -0.4 is 9.47 Å². The van der Waals surface area contributed by atoms with Crippen LogP contribution in [0.15, 0.2) is 168 Å². The number of benzene rings is 8. The van der Waals surface area contributed by atoms with Gasteiger partial charge in [-0.15, -0.1) is 0 Å². The van der Waals surface area contributed by atoms with E-state index in [-0.39, 0.29) is 0 Å².